The first-order valence-corrected chi connectivity index (χ1v) is 7.99. The van der Waals surface area contributed by atoms with E-state index in [0.717, 1.165) is 16.9 Å². The van der Waals surface area contributed by atoms with Crippen LogP contribution in [-0.4, -0.2) is 22.7 Å². The van der Waals surface area contributed by atoms with Gasteiger partial charge in [-0.1, -0.05) is 42.5 Å². The van der Waals surface area contributed by atoms with Crippen LogP contribution in [0.15, 0.2) is 71.1 Å². The van der Waals surface area contributed by atoms with Gasteiger partial charge in [-0.3, -0.25) is 0 Å². The maximum atomic E-state index is 11.0. The number of carboxylic acid groups (broad SMARTS) is 1. The Morgan fingerprint density at radius 1 is 1.04 bits per heavy atom. The van der Waals surface area contributed by atoms with E-state index in [-0.39, 0.29) is 18.0 Å². The van der Waals surface area contributed by atoms with Gasteiger partial charge in [0.15, 0.2) is 0 Å². The maximum Gasteiger partial charge on any atom is 0.335 e. The van der Waals surface area contributed by atoms with Crippen molar-refractivity contribution in [2.75, 3.05) is 6.54 Å². The summed E-state index contributed by atoms with van der Waals surface area (Å²) >= 11 is 0. The molecule has 1 heterocycles. The smallest absolute Gasteiger partial charge is 0.335 e. The highest BCUT2D eigenvalue weighted by atomic mass is 35.5. The molecular weight excluding hydrogens is 354 g/mol. The minimum Gasteiger partial charge on any atom is -0.478 e. The molecule has 1 unspecified atom stereocenters. The fraction of sp³-hybridized carbons (Fsp3) is 0.150. The van der Waals surface area contributed by atoms with Gasteiger partial charge >= 0.3 is 5.97 Å². The van der Waals surface area contributed by atoms with Crippen LogP contribution in [0.5, 0.6) is 0 Å². The minimum absolute atomic E-state index is 0. The van der Waals surface area contributed by atoms with E-state index in [4.69, 9.17) is 9.52 Å². The number of aromatic carboxylic acids is 1. The van der Waals surface area contributed by atoms with Crippen LogP contribution in [0.4, 0.5) is 0 Å². The van der Waals surface area contributed by atoms with Crippen molar-refractivity contribution in [2.24, 2.45) is 0 Å². The summed E-state index contributed by atoms with van der Waals surface area (Å²) in [7, 11) is 0. The van der Waals surface area contributed by atoms with Gasteiger partial charge in [0.25, 0.3) is 0 Å². The van der Waals surface area contributed by atoms with E-state index in [1.54, 1.807) is 18.2 Å². The number of nitrogens with one attached hydrogen (secondary N) is 1. The zero-order valence-electron chi connectivity index (χ0n) is 14.0. The van der Waals surface area contributed by atoms with Crippen LogP contribution < -0.4 is 5.32 Å². The summed E-state index contributed by atoms with van der Waals surface area (Å²) in [6.07, 6.45) is -0.581. The van der Waals surface area contributed by atoms with Gasteiger partial charge in [0, 0.05) is 12.1 Å². The Bertz CT molecular complexity index is 848. The number of hydrogen-bond donors (Lipinski definition) is 3. The zero-order valence-corrected chi connectivity index (χ0v) is 14.8. The summed E-state index contributed by atoms with van der Waals surface area (Å²) in [5, 5.41) is 22.3. The lowest BCUT2D eigenvalue weighted by atomic mass is 10.1. The average molecular weight is 374 g/mol. The number of benzene rings is 2. The van der Waals surface area contributed by atoms with Crippen LogP contribution in [0, 0.1) is 0 Å². The number of furan rings is 1. The minimum atomic E-state index is -0.967. The highest BCUT2D eigenvalue weighted by Crippen LogP contribution is 2.23. The Morgan fingerprint density at radius 3 is 2.54 bits per heavy atom. The standard InChI is InChI=1S/C20H19NO4.ClH/c22-18(14-5-2-1-3-6-14)13-21-12-17-9-10-19(25-17)15-7-4-8-16(11-15)20(23)24;/h1-11,18,21-22H,12-13H2,(H,23,24);1H. The summed E-state index contributed by atoms with van der Waals surface area (Å²) < 4.78 is 5.75. The van der Waals surface area contributed by atoms with E-state index in [0.29, 0.717) is 18.8 Å². The lowest BCUT2D eigenvalue weighted by Crippen LogP contribution is -2.20. The van der Waals surface area contributed by atoms with Gasteiger partial charge in [-0.05, 0) is 29.8 Å². The van der Waals surface area contributed by atoms with Gasteiger partial charge in [-0.15, -0.1) is 12.4 Å². The normalized spacial score (nSPS) is 11.6. The molecule has 1 atom stereocenters. The fourth-order valence-corrected chi connectivity index (χ4v) is 2.56. The van der Waals surface area contributed by atoms with Crippen molar-refractivity contribution in [1.29, 1.82) is 0 Å². The predicted octanol–water partition coefficient (Wildman–Crippen LogP) is 3.89. The van der Waals surface area contributed by atoms with Gasteiger partial charge < -0.3 is 19.9 Å². The molecule has 3 aromatic rings. The van der Waals surface area contributed by atoms with E-state index in [2.05, 4.69) is 5.32 Å². The lowest BCUT2D eigenvalue weighted by molar-refractivity contribution is 0.0697. The Morgan fingerprint density at radius 2 is 1.81 bits per heavy atom. The number of halogens is 1. The lowest BCUT2D eigenvalue weighted by Gasteiger charge is -2.11. The molecule has 0 radical (unpaired) electrons. The molecule has 0 aliphatic heterocycles. The largest absolute Gasteiger partial charge is 0.478 e. The monoisotopic (exact) mass is 373 g/mol. The molecule has 0 bridgehead atoms. The molecular formula is C20H20ClNO4. The molecule has 0 saturated carbocycles. The highest BCUT2D eigenvalue weighted by molar-refractivity contribution is 5.89. The van der Waals surface area contributed by atoms with Crippen LogP contribution in [-0.2, 0) is 6.54 Å². The van der Waals surface area contributed by atoms with E-state index in [1.165, 1.54) is 0 Å². The van der Waals surface area contributed by atoms with Crippen molar-refractivity contribution in [3.05, 3.63) is 83.6 Å². The van der Waals surface area contributed by atoms with E-state index >= 15 is 0 Å². The van der Waals surface area contributed by atoms with E-state index in [9.17, 15) is 9.90 Å². The molecule has 3 N–H and O–H groups in total. The molecule has 26 heavy (non-hydrogen) atoms. The van der Waals surface area contributed by atoms with Crippen LogP contribution in [0.3, 0.4) is 0 Å². The number of carbonyl (C=O) groups is 1. The molecule has 5 nitrogen and oxygen atoms in total. The first kappa shape index (κ1) is 19.7. The van der Waals surface area contributed by atoms with Crippen molar-refractivity contribution in [3.63, 3.8) is 0 Å². The van der Waals surface area contributed by atoms with Crippen LogP contribution in [0.25, 0.3) is 11.3 Å². The SMILES string of the molecule is Cl.O=C(O)c1cccc(-c2ccc(CNCC(O)c3ccccc3)o2)c1. The maximum absolute atomic E-state index is 11.0. The molecule has 0 fully saturated rings. The third-order valence-electron chi connectivity index (χ3n) is 3.88. The van der Waals surface area contributed by atoms with Gasteiger partial charge in [0.05, 0.1) is 18.2 Å². The Labute approximate surface area is 157 Å². The van der Waals surface area contributed by atoms with Crippen molar-refractivity contribution in [1.82, 2.24) is 5.32 Å². The first-order chi connectivity index (χ1) is 12.1. The van der Waals surface area contributed by atoms with Crippen molar-refractivity contribution in [3.8, 4) is 11.3 Å². The predicted molar refractivity (Wildman–Crippen MR) is 101 cm³/mol. The summed E-state index contributed by atoms with van der Waals surface area (Å²) in [4.78, 5) is 11.0. The molecule has 0 saturated heterocycles. The Kier molecular flexibility index (Phi) is 6.97. The third kappa shape index (κ3) is 4.95. The average Bonchev–Trinajstić information content (AvgIpc) is 3.11. The fourth-order valence-electron chi connectivity index (χ4n) is 2.56. The Balaban J connectivity index is 0.00000243. The molecule has 136 valence electrons. The van der Waals surface area contributed by atoms with Crippen molar-refractivity contribution < 1.29 is 19.4 Å². The van der Waals surface area contributed by atoms with Gasteiger partial charge in [0.1, 0.15) is 11.5 Å². The summed E-state index contributed by atoms with van der Waals surface area (Å²) in [6.45, 7) is 0.886. The van der Waals surface area contributed by atoms with Crippen molar-refractivity contribution >= 4 is 18.4 Å². The topological polar surface area (TPSA) is 82.7 Å². The van der Waals surface area contributed by atoms with E-state index < -0.39 is 12.1 Å². The molecule has 0 aliphatic rings. The summed E-state index contributed by atoms with van der Waals surface area (Å²) in [5.41, 5.74) is 1.80. The first-order valence-electron chi connectivity index (χ1n) is 7.99. The third-order valence-corrected chi connectivity index (χ3v) is 3.88. The number of aliphatic hydroxyl groups is 1. The second-order valence-electron chi connectivity index (χ2n) is 5.71. The van der Waals surface area contributed by atoms with Crippen LogP contribution in [0.1, 0.15) is 27.8 Å². The summed E-state index contributed by atoms with van der Waals surface area (Å²) in [6, 6.07) is 19.7. The van der Waals surface area contributed by atoms with Gasteiger partial charge in [-0.25, -0.2) is 4.79 Å². The zero-order chi connectivity index (χ0) is 17.6. The molecule has 2 aromatic carbocycles. The quantitative estimate of drug-likeness (QED) is 0.585. The van der Waals surface area contributed by atoms with Crippen LogP contribution in [0.2, 0.25) is 0 Å². The van der Waals surface area contributed by atoms with Gasteiger partial charge in [-0.2, -0.15) is 0 Å². The molecule has 0 aliphatic carbocycles. The van der Waals surface area contributed by atoms with Crippen molar-refractivity contribution in [2.45, 2.75) is 12.6 Å². The Hall–Kier alpha value is -2.60. The highest BCUT2D eigenvalue weighted by Gasteiger charge is 2.10. The number of carboxylic acids is 1. The number of rotatable bonds is 7. The van der Waals surface area contributed by atoms with E-state index in [1.807, 2.05) is 48.5 Å². The number of aliphatic hydroxyl groups excluding tert-OH is 1. The van der Waals surface area contributed by atoms with Gasteiger partial charge in [0.2, 0.25) is 0 Å². The molecule has 3 rings (SSSR count). The second kappa shape index (κ2) is 9.20. The van der Waals surface area contributed by atoms with Crippen LogP contribution >= 0.6 is 12.4 Å². The molecule has 0 amide bonds. The molecule has 6 heteroatoms. The summed E-state index contributed by atoms with van der Waals surface area (Å²) in [5.74, 6) is 0.365. The second-order valence-corrected chi connectivity index (χ2v) is 5.71. The molecule has 0 spiro atoms. The molecule has 1 aromatic heterocycles. The number of hydrogen-bond acceptors (Lipinski definition) is 4.